The molecule has 0 aromatic heterocycles. The third-order valence-electron chi connectivity index (χ3n) is 2.87. The zero-order valence-electron chi connectivity index (χ0n) is 14.4. The molecule has 0 N–H and O–H groups in total. The number of hydrogen-bond acceptors (Lipinski definition) is 1. The van der Waals surface area contributed by atoms with Crippen LogP contribution in [-0.4, -0.2) is 10.5 Å². The van der Waals surface area contributed by atoms with Gasteiger partial charge in [-0.15, -0.1) is 0 Å². The largest absolute Gasteiger partial charge is 0.260 e. The lowest BCUT2D eigenvalue weighted by Crippen LogP contribution is -1.90. The summed E-state index contributed by atoms with van der Waals surface area (Å²) in [7, 11) is -0.717. The minimum atomic E-state index is -0.717. The van der Waals surface area contributed by atoms with E-state index in [1.165, 1.54) is 24.8 Å². The second-order valence-corrected chi connectivity index (χ2v) is 6.23. The normalized spacial score (nSPS) is 10.5. The van der Waals surface area contributed by atoms with Crippen molar-refractivity contribution >= 4 is 10.8 Å². The van der Waals surface area contributed by atoms with Crippen LogP contribution in [0.15, 0.2) is 60.7 Å². The first kappa shape index (κ1) is 20.6. The van der Waals surface area contributed by atoms with Crippen LogP contribution in [0.4, 0.5) is 0 Å². The van der Waals surface area contributed by atoms with E-state index in [0.717, 1.165) is 5.56 Å². The van der Waals surface area contributed by atoms with Gasteiger partial charge in [-0.2, -0.15) is 0 Å². The lowest BCUT2D eigenvalue weighted by atomic mass is 10.1. The lowest BCUT2D eigenvalue weighted by molar-refractivity contribution is 0.686. The first-order valence-electron chi connectivity index (χ1n) is 8.10. The zero-order chi connectivity index (χ0) is 16.6. The van der Waals surface area contributed by atoms with Crippen molar-refractivity contribution in [3.05, 3.63) is 71.8 Å². The molecular formula is C20H30OS. The van der Waals surface area contributed by atoms with Crippen LogP contribution in [0.5, 0.6) is 0 Å². The molecule has 0 saturated heterocycles. The molecule has 0 aliphatic heterocycles. The maximum absolute atomic E-state index is 10.7. The van der Waals surface area contributed by atoms with Crippen molar-refractivity contribution in [2.24, 2.45) is 0 Å². The first-order valence-corrected chi connectivity index (χ1v) is 9.83. The van der Waals surface area contributed by atoms with Crippen molar-refractivity contribution in [2.45, 2.75) is 45.8 Å². The van der Waals surface area contributed by atoms with Gasteiger partial charge in [0, 0.05) is 22.8 Å². The van der Waals surface area contributed by atoms with Crippen LogP contribution in [0.3, 0.4) is 0 Å². The van der Waals surface area contributed by atoms with E-state index in [2.05, 4.69) is 37.3 Å². The van der Waals surface area contributed by atoms with Gasteiger partial charge in [0.25, 0.3) is 0 Å². The third kappa shape index (κ3) is 11.3. The summed E-state index contributed by atoms with van der Waals surface area (Å²) in [4.78, 5) is 0. The van der Waals surface area contributed by atoms with Gasteiger partial charge in [0.1, 0.15) is 0 Å². The van der Waals surface area contributed by atoms with Gasteiger partial charge in [0.15, 0.2) is 0 Å². The Labute approximate surface area is 139 Å². The summed E-state index contributed by atoms with van der Waals surface area (Å²) in [5.41, 5.74) is 2.60. The molecule has 0 heterocycles. The summed E-state index contributed by atoms with van der Waals surface area (Å²) in [5.74, 6) is 0.668. The standard InChI is InChI=1S/C10H14.C8H10OS.C2H6/c1-2-3-7-10-8-5-4-6-9-10;1-10(9)7-8-5-3-2-4-6-8;1-2/h4-6,8-9H,2-3,7H2,1H3;2-6H,7H2,1H3;1-2H3. The van der Waals surface area contributed by atoms with E-state index < -0.39 is 10.8 Å². The van der Waals surface area contributed by atoms with Gasteiger partial charge >= 0.3 is 0 Å². The van der Waals surface area contributed by atoms with Crippen molar-refractivity contribution in [3.63, 3.8) is 0 Å². The summed E-state index contributed by atoms with van der Waals surface area (Å²) < 4.78 is 10.7. The average Bonchev–Trinajstić information content (AvgIpc) is 2.57. The molecule has 122 valence electrons. The van der Waals surface area contributed by atoms with E-state index in [1.54, 1.807) is 6.26 Å². The maximum Gasteiger partial charge on any atom is 0.0482 e. The molecule has 2 aromatic carbocycles. The number of unbranched alkanes of at least 4 members (excludes halogenated alkanes) is 1. The molecule has 1 unspecified atom stereocenters. The third-order valence-corrected chi connectivity index (χ3v) is 3.61. The summed E-state index contributed by atoms with van der Waals surface area (Å²) in [6, 6.07) is 20.5. The molecule has 22 heavy (non-hydrogen) atoms. The average molecular weight is 319 g/mol. The summed E-state index contributed by atoms with van der Waals surface area (Å²) in [5, 5.41) is 0. The number of rotatable bonds is 5. The Kier molecular flexibility index (Phi) is 13.6. The van der Waals surface area contributed by atoms with Gasteiger partial charge in [0.2, 0.25) is 0 Å². The molecule has 2 aromatic rings. The monoisotopic (exact) mass is 318 g/mol. The molecule has 0 aliphatic rings. The molecular weight excluding hydrogens is 288 g/mol. The molecule has 0 bridgehead atoms. The fraction of sp³-hybridized carbons (Fsp3) is 0.400. The van der Waals surface area contributed by atoms with Gasteiger partial charge in [0.05, 0.1) is 0 Å². The highest BCUT2D eigenvalue weighted by molar-refractivity contribution is 7.83. The number of hydrogen-bond donors (Lipinski definition) is 0. The van der Waals surface area contributed by atoms with Gasteiger partial charge in [-0.3, -0.25) is 4.21 Å². The van der Waals surface area contributed by atoms with Crippen molar-refractivity contribution in [1.82, 2.24) is 0 Å². The molecule has 0 aliphatic carbocycles. The quantitative estimate of drug-likeness (QED) is 0.699. The second-order valence-electron chi connectivity index (χ2n) is 4.79. The van der Waals surface area contributed by atoms with Crippen LogP contribution >= 0.6 is 0 Å². The Balaban J connectivity index is 0.000000360. The van der Waals surface area contributed by atoms with Gasteiger partial charge < -0.3 is 0 Å². The van der Waals surface area contributed by atoms with Crippen LogP contribution in [0.25, 0.3) is 0 Å². The highest BCUT2D eigenvalue weighted by Gasteiger charge is 1.92. The Hall–Kier alpha value is -1.41. The van der Waals surface area contributed by atoms with Crippen molar-refractivity contribution in [2.75, 3.05) is 6.26 Å². The van der Waals surface area contributed by atoms with Crippen LogP contribution in [-0.2, 0) is 23.0 Å². The SMILES string of the molecule is CC.CCCCc1ccccc1.CS(=O)Cc1ccccc1. The smallest absolute Gasteiger partial charge is 0.0482 e. The minimum absolute atomic E-state index is 0.668. The van der Waals surface area contributed by atoms with Crippen LogP contribution < -0.4 is 0 Å². The zero-order valence-corrected chi connectivity index (χ0v) is 15.2. The van der Waals surface area contributed by atoms with Crippen molar-refractivity contribution in [3.8, 4) is 0 Å². The van der Waals surface area contributed by atoms with Crippen LogP contribution in [0, 0.1) is 0 Å². The number of aryl methyl sites for hydroxylation is 1. The van der Waals surface area contributed by atoms with E-state index in [0.29, 0.717) is 5.75 Å². The van der Waals surface area contributed by atoms with Gasteiger partial charge in [-0.25, -0.2) is 0 Å². The lowest BCUT2D eigenvalue weighted by Gasteiger charge is -1.96. The highest BCUT2D eigenvalue weighted by Crippen LogP contribution is 2.03. The molecule has 0 radical (unpaired) electrons. The molecule has 0 saturated carbocycles. The van der Waals surface area contributed by atoms with E-state index in [-0.39, 0.29) is 0 Å². The summed E-state index contributed by atoms with van der Waals surface area (Å²) >= 11 is 0. The van der Waals surface area contributed by atoms with Gasteiger partial charge in [-0.05, 0) is 24.0 Å². The topological polar surface area (TPSA) is 17.1 Å². The minimum Gasteiger partial charge on any atom is -0.260 e. The van der Waals surface area contributed by atoms with Crippen LogP contribution in [0.2, 0.25) is 0 Å². The van der Waals surface area contributed by atoms with Crippen molar-refractivity contribution < 1.29 is 4.21 Å². The van der Waals surface area contributed by atoms with E-state index in [1.807, 2.05) is 44.2 Å². The van der Waals surface area contributed by atoms with Gasteiger partial charge in [-0.1, -0.05) is 87.9 Å². The van der Waals surface area contributed by atoms with E-state index in [9.17, 15) is 4.21 Å². The molecule has 1 atom stereocenters. The Bertz CT molecular complexity index is 480. The maximum atomic E-state index is 10.7. The molecule has 0 amide bonds. The predicted octanol–water partition coefficient (Wildman–Crippen LogP) is 5.62. The molecule has 0 spiro atoms. The second kappa shape index (κ2) is 14.5. The molecule has 0 fully saturated rings. The highest BCUT2D eigenvalue weighted by atomic mass is 32.2. The predicted molar refractivity (Wildman–Crippen MR) is 101 cm³/mol. The molecule has 1 nitrogen and oxygen atoms in total. The Morgan fingerprint density at radius 2 is 1.27 bits per heavy atom. The number of benzene rings is 2. The summed E-state index contributed by atoms with van der Waals surface area (Å²) in [6.45, 7) is 6.23. The van der Waals surface area contributed by atoms with E-state index in [4.69, 9.17) is 0 Å². The van der Waals surface area contributed by atoms with Crippen molar-refractivity contribution in [1.29, 1.82) is 0 Å². The fourth-order valence-corrected chi connectivity index (χ4v) is 2.50. The first-order chi connectivity index (χ1) is 10.7. The Morgan fingerprint density at radius 1 is 0.818 bits per heavy atom. The van der Waals surface area contributed by atoms with E-state index >= 15 is 0 Å². The molecule has 2 rings (SSSR count). The van der Waals surface area contributed by atoms with Crippen LogP contribution in [0.1, 0.15) is 44.7 Å². The Morgan fingerprint density at radius 3 is 1.68 bits per heavy atom. The summed E-state index contributed by atoms with van der Waals surface area (Å²) in [6.07, 6.45) is 5.54. The fourth-order valence-electron chi connectivity index (χ4n) is 1.83. The molecule has 2 heteroatoms.